The van der Waals surface area contributed by atoms with Gasteiger partial charge in [-0.1, -0.05) is 11.5 Å². The number of sulfone groups is 1. The van der Waals surface area contributed by atoms with E-state index >= 15 is 0 Å². The monoisotopic (exact) mass is 438 g/mol. The fourth-order valence-corrected chi connectivity index (χ4v) is 1.25. The van der Waals surface area contributed by atoms with Crippen molar-refractivity contribution in [1.82, 2.24) is 0 Å². The van der Waals surface area contributed by atoms with Gasteiger partial charge in [-0.15, -0.1) is 0 Å². The fourth-order valence-electron chi connectivity index (χ4n) is 0.631. The summed E-state index contributed by atoms with van der Waals surface area (Å²) < 4.78 is 42.6. The van der Waals surface area contributed by atoms with Gasteiger partial charge in [0.25, 0.3) is 0 Å². The van der Waals surface area contributed by atoms with Gasteiger partial charge in [0.15, 0.2) is 0 Å². The average Bonchev–Trinajstić information content (AvgIpc) is 2.94. The summed E-state index contributed by atoms with van der Waals surface area (Å²) >= 11 is 0. The van der Waals surface area contributed by atoms with E-state index < -0.39 is 9.84 Å². The molecule has 1 heterocycles. The second-order valence-corrected chi connectivity index (χ2v) is 4.48. The van der Waals surface area contributed by atoms with Gasteiger partial charge in [0.05, 0.1) is 9.84 Å². The first-order valence-corrected chi connectivity index (χ1v) is 5.83. The Morgan fingerprint density at radius 3 is 1.22 bits per heavy atom. The summed E-state index contributed by atoms with van der Waals surface area (Å²) in [6, 6.07) is 10.0. The zero-order chi connectivity index (χ0) is 14.2. The van der Waals surface area contributed by atoms with Crippen LogP contribution in [-0.4, -0.2) is 19.9 Å². The molecule has 1 aromatic rings. The van der Waals surface area contributed by atoms with Crippen LogP contribution in [0.15, 0.2) is 30.3 Å². The SMILES string of the molecule is O=S1(=O)C[CH-]C1.[C-]#[O+].[C-]#[O+].[C-]#[O+].[W].c1cc[cH-]c1. The maximum absolute atomic E-state index is 10.1. The van der Waals surface area contributed by atoms with Gasteiger partial charge >= 0.3 is 33.9 Å². The molecule has 18 heavy (non-hydrogen) atoms. The van der Waals surface area contributed by atoms with Crippen LogP contribution in [0.2, 0.25) is 0 Å². The Morgan fingerprint density at radius 1 is 0.889 bits per heavy atom. The normalized spacial score (nSPS) is 12.1. The maximum atomic E-state index is 10.1. The van der Waals surface area contributed by atoms with Gasteiger partial charge in [0.1, 0.15) is 0 Å². The molecular formula is C11H10O5SW-2. The molecule has 1 aliphatic heterocycles. The summed E-state index contributed by atoms with van der Waals surface area (Å²) in [4.78, 5) is 0. The van der Waals surface area contributed by atoms with Crippen LogP contribution < -0.4 is 0 Å². The molecule has 1 fully saturated rings. The summed E-state index contributed by atoms with van der Waals surface area (Å²) in [7, 11) is -2.54. The summed E-state index contributed by atoms with van der Waals surface area (Å²) in [6.45, 7) is 13.5. The van der Waals surface area contributed by atoms with E-state index in [2.05, 4.69) is 20.0 Å². The summed E-state index contributed by atoms with van der Waals surface area (Å²) in [5.41, 5.74) is 0. The van der Waals surface area contributed by atoms with Crippen molar-refractivity contribution in [3.63, 3.8) is 0 Å². The Bertz CT molecular complexity index is 347. The predicted octanol–water partition coefficient (Wildman–Crippen LogP) is 0.910. The molecule has 98 valence electrons. The Labute approximate surface area is 121 Å². The van der Waals surface area contributed by atoms with Crippen molar-refractivity contribution in [3.8, 4) is 0 Å². The molecule has 0 bridgehead atoms. The van der Waals surface area contributed by atoms with Gasteiger partial charge in [0, 0.05) is 21.1 Å². The first-order chi connectivity index (χ1) is 8.21. The first kappa shape index (κ1) is 25.9. The molecule has 0 radical (unpaired) electrons. The largest absolute Gasteiger partial charge is 0.214 e. The average molecular weight is 438 g/mol. The third-order valence-electron chi connectivity index (χ3n) is 1.30. The Hall–Kier alpha value is -0.792. The summed E-state index contributed by atoms with van der Waals surface area (Å²) in [5, 5.41) is 0. The summed E-state index contributed by atoms with van der Waals surface area (Å²) in [6.07, 6.45) is 1.75. The molecular weight excluding hydrogens is 428 g/mol. The Kier molecular flexibility index (Phi) is 30.9. The van der Waals surface area contributed by atoms with E-state index in [1.54, 1.807) is 6.42 Å². The van der Waals surface area contributed by atoms with Gasteiger partial charge in [-0.05, 0) is 0 Å². The van der Waals surface area contributed by atoms with Gasteiger partial charge in [-0.2, -0.15) is 18.2 Å². The number of hydrogen-bond donors (Lipinski definition) is 0. The van der Waals surface area contributed by atoms with E-state index in [4.69, 9.17) is 14.0 Å². The minimum Gasteiger partial charge on any atom is -0.214 e. The standard InChI is InChI=1S/C5H5.C3H5O2S.3CO.W/c1-2-4-5-3-1;4-6(5)2-1-3-6;3*1-2;/h1-5H;1H,2-3H2;;;;/q2*-1;;;;. The molecule has 0 N–H and O–H groups in total. The van der Waals surface area contributed by atoms with Crippen LogP contribution in [-0.2, 0) is 44.9 Å². The molecule has 1 aromatic carbocycles. The number of rotatable bonds is 0. The molecule has 0 aromatic heterocycles. The molecule has 0 saturated carbocycles. The van der Waals surface area contributed by atoms with Crippen LogP contribution in [0.25, 0.3) is 0 Å². The van der Waals surface area contributed by atoms with Crippen LogP contribution in [0.1, 0.15) is 0 Å². The van der Waals surface area contributed by atoms with E-state index in [9.17, 15) is 8.42 Å². The van der Waals surface area contributed by atoms with E-state index in [1.807, 2.05) is 30.3 Å². The number of hydrogen-bond acceptors (Lipinski definition) is 2. The molecule has 5 nitrogen and oxygen atoms in total. The van der Waals surface area contributed by atoms with Crippen LogP contribution >= 0.6 is 0 Å². The van der Waals surface area contributed by atoms with E-state index in [1.165, 1.54) is 0 Å². The topological polar surface area (TPSA) is 93.8 Å². The first-order valence-electron chi connectivity index (χ1n) is 4.01. The van der Waals surface area contributed by atoms with Crippen molar-refractivity contribution in [2.45, 2.75) is 0 Å². The van der Waals surface area contributed by atoms with Gasteiger partial charge in [0.2, 0.25) is 0 Å². The van der Waals surface area contributed by atoms with Gasteiger partial charge < -0.3 is 0 Å². The third kappa shape index (κ3) is 20.6. The Balaban J connectivity index is -0.0000000750. The van der Waals surface area contributed by atoms with E-state index in [0.717, 1.165) is 0 Å². The minimum absolute atomic E-state index is 0. The molecule has 0 atom stereocenters. The molecule has 2 rings (SSSR count). The molecule has 0 spiro atoms. The quantitative estimate of drug-likeness (QED) is 0.445. The molecule has 0 amide bonds. The van der Waals surface area contributed by atoms with Crippen molar-refractivity contribution in [1.29, 1.82) is 0 Å². The molecule has 0 unspecified atom stereocenters. The zero-order valence-corrected chi connectivity index (χ0v) is 13.0. The van der Waals surface area contributed by atoms with Crippen molar-refractivity contribution >= 4 is 9.84 Å². The third-order valence-corrected chi connectivity index (χ3v) is 2.79. The van der Waals surface area contributed by atoms with E-state index in [0.29, 0.717) is 11.5 Å². The maximum Gasteiger partial charge on any atom is 0 e. The second-order valence-electron chi connectivity index (χ2n) is 2.33. The van der Waals surface area contributed by atoms with Gasteiger partial charge in [-0.25, -0.2) is 20.6 Å². The molecule has 1 aliphatic rings. The molecule has 7 heteroatoms. The van der Waals surface area contributed by atoms with E-state index in [-0.39, 0.29) is 21.1 Å². The second kappa shape index (κ2) is 21.5. The van der Waals surface area contributed by atoms with Crippen LogP contribution in [0, 0.1) is 26.4 Å². The van der Waals surface area contributed by atoms with Crippen molar-refractivity contribution < 1.29 is 43.4 Å². The van der Waals surface area contributed by atoms with Crippen molar-refractivity contribution in [2.75, 3.05) is 11.5 Å². The smallest absolute Gasteiger partial charge is 0 e. The molecule has 0 aliphatic carbocycles. The predicted molar refractivity (Wildman–Crippen MR) is 56.8 cm³/mol. The zero-order valence-electron chi connectivity index (χ0n) is 9.24. The Morgan fingerprint density at radius 2 is 1.17 bits per heavy atom. The minimum atomic E-state index is -2.54. The van der Waals surface area contributed by atoms with Crippen LogP contribution in [0.5, 0.6) is 0 Å². The van der Waals surface area contributed by atoms with Crippen LogP contribution in [0.3, 0.4) is 0 Å². The fraction of sp³-hybridized carbons (Fsp3) is 0.182. The summed E-state index contributed by atoms with van der Waals surface area (Å²) in [5.74, 6) is 0.597. The van der Waals surface area contributed by atoms with Crippen molar-refractivity contribution in [3.05, 3.63) is 56.7 Å². The molecule has 1 saturated heterocycles. The van der Waals surface area contributed by atoms with Crippen LogP contribution in [0.4, 0.5) is 0 Å². The van der Waals surface area contributed by atoms with Crippen molar-refractivity contribution in [2.24, 2.45) is 0 Å². The van der Waals surface area contributed by atoms with Gasteiger partial charge in [-0.3, -0.25) is 6.42 Å².